The molecule has 0 atom stereocenters. The molecule has 20 heavy (non-hydrogen) atoms. The first-order valence-electron chi connectivity index (χ1n) is 6.96. The van der Waals surface area contributed by atoms with E-state index in [1.807, 2.05) is 13.8 Å². The maximum atomic E-state index is 5.67. The Kier molecular flexibility index (Phi) is 4.69. The molecule has 0 aliphatic rings. The summed E-state index contributed by atoms with van der Waals surface area (Å²) in [6, 6.07) is 8.44. The Morgan fingerprint density at radius 2 is 2.00 bits per heavy atom. The van der Waals surface area contributed by atoms with E-state index in [4.69, 9.17) is 5.73 Å². The summed E-state index contributed by atoms with van der Waals surface area (Å²) in [6.07, 6.45) is 2.72. The van der Waals surface area contributed by atoms with Crippen molar-refractivity contribution < 1.29 is 0 Å². The smallest absolute Gasteiger partial charge is 0.154 e. The van der Waals surface area contributed by atoms with Crippen molar-refractivity contribution in [2.45, 2.75) is 27.2 Å². The summed E-state index contributed by atoms with van der Waals surface area (Å²) >= 11 is 0. The number of nitrogens with zero attached hydrogens (tertiary/aromatic N) is 3. The Morgan fingerprint density at radius 1 is 1.20 bits per heavy atom. The van der Waals surface area contributed by atoms with Gasteiger partial charge in [-0.1, -0.05) is 12.1 Å². The van der Waals surface area contributed by atoms with Gasteiger partial charge >= 0.3 is 0 Å². The number of aryl methyl sites for hydroxylation is 3. The lowest BCUT2D eigenvalue weighted by Crippen LogP contribution is -2.23. The highest BCUT2D eigenvalue weighted by Crippen LogP contribution is 2.26. The van der Waals surface area contributed by atoms with E-state index in [1.165, 1.54) is 5.56 Å². The monoisotopic (exact) mass is 270 g/mol. The lowest BCUT2D eigenvalue weighted by atomic mass is 10.2. The molecule has 4 nitrogen and oxygen atoms in total. The maximum Gasteiger partial charge on any atom is 0.154 e. The summed E-state index contributed by atoms with van der Waals surface area (Å²) in [5.74, 6) is 0.920. The molecule has 0 aliphatic carbocycles. The quantitative estimate of drug-likeness (QED) is 0.907. The number of hydrogen-bond acceptors (Lipinski definition) is 4. The van der Waals surface area contributed by atoms with Gasteiger partial charge in [0.05, 0.1) is 11.4 Å². The van der Waals surface area contributed by atoms with Gasteiger partial charge in [0.25, 0.3) is 0 Å². The van der Waals surface area contributed by atoms with Crippen LogP contribution in [0.5, 0.6) is 0 Å². The average Bonchev–Trinajstić information content (AvgIpc) is 2.43. The summed E-state index contributed by atoms with van der Waals surface area (Å²) in [5, 5.41) is 0. The summed E-state index contributed by atoms with van der Waals surface area (Å²) in [6.45, 7) is 7.57. The minimum absolute atomic E-state index is 0.667. The summed E-state index contributed by atoms with van der Waals surface area (Å²) in [5.41, 5.74) is 9.91. The maximum absolute atomic E-state index is 5.67. The van der Waals surface area contributed by atoms with E-state index in [2.05, 4.69) is 46.1 Å². The van der Waals surface area contributed by atoms with E-state index in [0.717, 1.165) is 35.9 Å². The zero-order valence-corrected chi connectivity index (χ0v) is 12.4. The van der Waals surface area contributed by atoms with Crippen LogP contribution in [0, 0.1) is 20.8 Å². The molecule has 2 aromatic rings. The van der Waals surface area contributed by atoms with Crippen LogP contribution in [-0.2, 0) is 0 Å². The second-order valence-corrected chi connectivity index (χ2v) is 5.05. The Hall–Kier alpha value is -1.94. The van der Waals surface area contributed by atoms with Crippen molar-refractivity contribution >= 4 is 11.5 Å². The SMILES string of the molecule is Cc1cccc(N(CCCN)c2nc(C)cnc2C)c1. The zero-order chi connectivity index (χ0) is 14.5. The molecule has 0 fully saturated rings. The average molecular weight is 270 g/mol. The van der Waals surface area contributed by atoms with Gasteiger partial charge in [0.15, 0.2) is 5.82 Å². The van der Waals surface area contributed by atoms with Gasteiger partial charge in [-0.15, -0.1) is 0 Å². The van der Waals surface area contributed by atoms with E-state index in [1.54, 1.807) is 6.20 Å². The highest BCUT2D eigenvalue weighted by molar-refractivity contribution is 5.62. The normalized spacial score (nSPS) is 10.6. The molecule has 0 unspecified atom stereocenters. The number of rotatable bonds is 5. The Morgan fingerprint density at radius 3 is 2.70 bits per heavy atom. The van der Waals surface area contributed by atoms with Gasteiger partial charge in [0.1, 0.15) is 0 Å². The van der Waals surface area contributed by atoms with Crippen LogP contribution in [0.25, 0.3) is 0 Å². The fourth-order valence-electron chi connectivity index (χ4n) is 2.18. The van der Waals surface area contributed by atoms with Gasteiger partial charge in [-0.3, -0.25) is 4.98 Å². The fourth-order valence-corrected chi connectivity index (χ4v) is 2.18. The second-order valence-electron chi connectivity index (χ2n) is 5.05. The van der Waals surface area contributed by atoms with Crippen LogP contribution in [0.15, 0.2) is 30.5 Å². The molecule has 4 heteroatoms. The fraction of sp³-hybridized carbons (Fsp3) is 0.375. The molecule has 0 saturated heterocycles. The van der Waals surface area contributed by atoms with Crippen molar-refractivity contribution in [1.29, 1.82) is 0 Å². The predicted molar refractivity (Wildman–Crippen MR) is 83.4 cm³/mol. The molecule has 0 spiro atoms. The molecule has 2 rings (SSSR count). The third kappa shape index (κ3) is 3.33. The van der Waals surface area contributed by atoms with Crippen molar-refractivity contribution in [3.63, 3.8) is 0 Å². The van der Waals surface area contributed by atoms with Crippen molar-refractivity contribution in [2.24, 2.45) is 5.73 Å². The van der Waals surface area contributed by atoms with Gasteiger partial charge in [-0.25, -0.2) is 4.98 Å². The van der Waals surface area contributed by atoms with E-state index in [9.17, 15) is 0 Å². The van der Waals surface area contributed by atoms with Crippen LogP contribution in [0.3, 0.4) is 0 Å². The lowest BCUT2D eigenvalue weighted by molar-refractivity contribution is 0.801. The third-order valence-electron chi connectivity index (χ3n) is 3.21. The molecule has 0 radical (unpaired) electrons. The first kappa shape index (κ1) is 14.5. The van der Waals surface area contributed by atoms with Gasteiger partial charge in [0.2, 0.25) is 0 Å². The Labute approximate surface area is 120 Å². The first-order chi connectivity index (χ1) is 9.61. The van der Waals surface area contributed by atoms with Crippen molar-refractivity contribution in [3.05, 3.63) is 47.4 Å². The highest BCUT2D eigenvalue weighted by atomic mass is 15.2. The zero-order valence-electron chi connectivity index (χ0n) is 12.4. The largest absolute Gasteiger partial charge is 0.330 e. The van der Waals surface area contributed by atoms with Crippen molar-refractivity contribution in [3.8, 4) is 0 Å². The van der Waals surface area contributed by atoms with E-state index in [-0.39, 0.29) is 0 Å². The standard InChI is InChI=1S/C16H22N4/c1-12-6-4-7-15(10-12)20(9-5-8-17)16-14(3)18-11-13(2)19-16/h4,6-7,10-11H,5,8-9,17H2,1-3H3. The van der Waals surface area contributed by atoms with Crippen LogP contribution in [0.1, 0.15) is 23.4 Å². The molecule has 2 N–H and O–H groups in total. The van der Waals surface area contributed by atoms with Crippen LogP contribution in [0.4, 0.5) is 11.5 Å². The third-order valence-corrected chi connectivity index (χ3v) is 3.21. The molecule has 0 saturated carbocycles. The number of benzene rings is 1. The molecule has 1 aromatic heterocycles. The molecule has 1 aromatic carbocycles. The van der Waals surface area contributed by atoms with Gasteiger partial charge in [0, 0.05) is 18.4 Å². The van der Waals surface area contributed by atoms with Crippen LogP contribution < -0.4 is 10.6 Å². The minimum Gasteiger partial charge on any atom is -0.330 e. The van der Waals surface area contributed by atoms with Crippen LogP contribution in [-0.4, -0.2) is 23.1 Å². The lowest BCUT2D eigenvalue weighted by Gasteiger charge is -2.25. The molecule has 1 heterocycles. The minimum atomic E-state index is 0.667. The summed E-state index contributed by atoms with van der Waals surface area (Å²) in [4.78, 5) is 11.3. The van der Waals surface area contributed by atoms with Crippen LogP contribution >= 0.6 is 0 Å². The predicted octanol–water partition coefficient (Wildman–Crippen LogP) is 2.89. The molecular formula is C16H22N4. The number of anilines is 2. The van der Waals surface area contributed by atoms with Gasteiger partial charge < -0.3 is 10.6 Å². The summed E-state index contributed by atoms with van der Waals surface area (Å²) in [7, 11) is 0. The summed E-state index contributed by atoms with van der Waals surface area (Å²) < 4.78 is 0. The van der Waals surface area contributed by atoms with Gasteiger partial charge in [-0.2, -0.15) is 0 Å². The molecule has 0 bridgehead atoms. The topological polar surface area (TPSA) is 55.0 Å². The Bertz CT molecular complexity index is 580. The number of aromatic nitrogens is 2. The Balaban J connectivity index is 2.44. The number of nitrogens with two attached hydrogens (primary N) is 1. The molecule has 0 amide bonds. The van der Waals surface area contributed by atoms with E-state index >= 15 is 0 Å². The first-order valence-corrected chi connectivity index (χ1v) is 6.96. The number of hydrogen-bond donors (Lipinski definition) is 1. The molecule has 0 aliphatic heterocycles. The second kappa shape index (κ2) is 6.48. The van der Waals surface area contributed by atoms with E-state index in [0.29, 0.717) is 6.54 Å². The highest BCUT2D eigenvalue weighted by Gasteiger charge is 2.14. The van der Waals surface area contributed by atoms with Crippen LogP contribution in [0.2, 0.25) is 0 Å². The molecule has 106 valence electrons. The van der Waals surface area contributed by atoms with Crippen molar-refractivity contribution in [1.82, 2.24) is 9.97 Å². The van der Waals surface area contributed by atoms with Crippen molar-refractivity contribution in [2.75, 3.05) is 18.0 Å². The van der Waals surface area contributed by atoms with Gasteiger partial charge in [-0.05, 0) is 51.4 Å². The van der Waals surface area contributed by atoms with E-state index < -0.39 is 0 Å². The molecular weight excluding hydrogens is 248 g/mol.